The number of anilines is 2. The number of hydrogen-bond acceptors (Lipinski definition) is 3. The number of carboxylic acid groups (broad SMARTS) is 1. The van der Waals surface area contributed by atoms with Gasteiger partial charge in [-0.1, -0.05) is 30.3 Å². The topological polar surface area (TPSA) is 86.7 Å². The molecule has 0 unspecified atom stereocenters. The molecule has 2 aromatic carbocycles. The smallest absolute Gasteiger partial charge is 0.306 e. The van der Waals surface area contributed by atoms with Gasteiger partial charge in [0.2, 0.25) is 11.8 Å². The minimum absolute atomic E-state index is 0.0150. The van der Waals surface area contributed by atoms with Crippen molar-refractivity contribution in [2.24, 2.45) is 11.8 Å². The van der Waals surface area contributed by atoms with Gasteiger partial charge in [0, 0.05) is 23.8 Å². The van der Waals surface area contributed by atoms with Crippen LogP contribution in [0, 0.1) is 11.8 Å². The number of carboxylic acids is 1. The number of para-hydroxylation sites is 1. The number of carbonyl (C=O) groups excluding carboxylic acids is 2. The molecule has 0 radical (unpaired) electrons. The van der Waals surface area contributed by atoms with E-state index < -0.39 is 11.9 Å². The van der Waals surface area contributed by atoms with Gasteiger partial charge in [-0.3, -0.25) is 14.4 Å². The number of amides is 2. The van der Waals surface area contributed by atoms with Crippen molar-refractivity contribution in [2.45, 2.75) is 32.6 Å². The predicted octanol–water partition coefficient (Wildman–Crippen LogP) is 3.72. The molecule has 0 aliphatic heterocycles. The minimum atomic E-state index is -0.828. The van der Waals surface area contributed by atoms with Crippen molar-refractivity contribution < 1.29 is 19.5 Å². The molecule has 29 heavy (non-hydrogen) atoms. The van der Waals surface area contributed by atoms with Gasteiger partial charge in [0.15, 0.2) is 0 Å². The second-order valence-electron chi connectivity index (χ2n) is 7.38. The highest BCUT2D eigenvalue weighted by molar-refractivity contribution is 5.95. The second kappa shape index (κ2) is 9.37. The number of aliphatic carboxylic acids is 1. The van der Waals surface area contributed by atoms with Gasteiger partial charge in [-0.2, -0.15) is 0 Å². The fourth-order valence-electron chi connectivity index (χ4n) is 3.78. The van der Waals surface area contributed by atoms with Crippen molar-refractivity contribution in [2.75, 3.05) is 16.8 Å². The maximum Gasteiger partial charge on any atom is 0.306 e. The van der Waals surface area contributed by atoms with Crippen LogP contribution < -0.4 is 10.2 Å². The lowest BCUT2D eigenvalue weighted by molar-refractivity contribution is -0.141. The molecular weight excluding hydrogens is 368 g/mol. The molecule has 0 saturated heterocycles. The van der Waals surface area contributed by atoms with E-state index in [2.05, 4.69) is 5.32 Å². The molecule has 6 nitrogen and oxygen atoms in total. The first kappa shape index (κ1) is 20.6. The summed E-state index contributed by atoms with van der Waals surface area (Å²) in [6.45, 7) is 2.54. The first-order valence-corrected chi connectivity index (χ1v) is 9.96. The van der Waals surface area contributed by atoms with Crippen molar-refractivity contribution >= 4 is 29.2 Å². The summed E-state index contributed by atoms with van der Waals surface area (Å²) in [5, 5.41) is 11.9. The van der Waals surface area contributed by atoms with Crippen LogP contribution in [0.3, 0.4) is 0 Å². The highest BCUT2D eigenvalue weighted by Gasteiger charge is 2.33. The third kappa shape index (κ3) is 5.22. The Kier molecular flexibility index (Phi) is 6.65. The summed E-state index contributed by atoms with van der Waals surface area (Å²) in [5.41, 5.74) is 2.40. The first-order chi connectivity index (χ1) is 14.0. The Balaban J connectivity index is 1.56. The molecule has 2 N–H and O–H groups in total. The highest BCUT2D eigenvalue weighted by Crippen LogP contribution is 2.32. The average Bonchev–Trinajstić information content (AvgIpc) is 3.22. The number of hydrogen-bond donors (Lipinski definition) is 2. The van der Waals surface area contributed by atoms with Crippen LogP contribution in [0.4, 0.5) is 11.4 Å². The molecule has 2 amide bonds. The summed E-state index contributed by atoms with van der Waals surface area (Å²) in [6, 6.07) is 16.8. The zero-order valence-corrected chi connectivity index (χ0v) is 16.5. The van der Waals surface area contributed by atoms with E-state index in [9.17, 15) is 14.4 Å². The van der Waals surface area contributed by atoms with E-state index in [1.54, 1.807) is 17.0 Å². The Morgan fingerprint density at radius 1 is 1.00 bits per heavy atom. The summed E-state index contributed by atoms with van der Waals surface area (Å²) >= 11 is 0. The number of rotatable bonds is 7. The molecule has 2 atom stereocenters. The van der Waals surface area contributed by atoms with Gasteiger partial charge in [-0.05, 0) is 56.0 Å². The Hall–Kier alpha value is -3.15. The maximum absolute atomic E-state index is 12.7. The van der Waals surface area contributed by atoms with E-state index in [1.807, 2.05) is 49.4 Å². The molecule has 152 valence electrons. The summed E-state index contributed by atoms with van der Waals surface area (Å²) in [5.74, 6) is -1.64. The highest BCUT2D eigenvalue weighted by atomic mass is 16.4. The predicted molar refractivity (Wildman–Crippen MR) is 112 cm³/mol. The summed E-state index contributed by atoms with van der Waals surface area (Å²) in [7, 11) is 0. The van der Waals surface area contributed by atoms with Gasteiger partial charge in [-0.15, -0.1) is 0 Å². The van der Waals surface area contributed by atoms with Gasteiger partial charge >= 0.3 is 5.97 Å². The first-order valence-electron chi connectivity index (χ1n) is 9.96. The summed E-state index contributed by atoms with van der Waals surface area (Å²) in [4.78, 5) is 37.8. The zero-order valence-electron chi connectivity index (χ0n) is 16.5. The van der Waals surface area contributed by atoms with Gasteiger partial charge in [0.1, 0.15) is 0 Å². The van der Waals surface area contributed by atoms with Gasteiger partial charge in [-0.25, -0.2) is 0 Å². The molecule has 6 heteroatoms. The van der Waals surface area contributed by atoms with Gasteiger partial charge in [0.05, 0.1) is 12.3 Å². The Morgan fingerprint density at radius 2 is 1.66 bits per heavy atom. The van der Waals surface area contributed by atoms with Crippen LogP contribution in [-0.2, 0) is 20.8 Å². The molecule has 0 bridgehead atoms. The third-order valence-electron chi connectivity index (χ3n) is 5.41. The number of benzene rings is 2. The van der Waals surface area contributed by atoms with Crippen molar-refractivity contribution in [3.05, 3.63) is 60.2 Å². The lowest BCUT2D eigenvalue weighted by Crippen LogP contribution is -2.31. The molecule has 0 aromatic heterocycles. The van der Waals surface area contributed by atoms with Crippen LogP contribution in [0.2, 0.25) is 0 Å². The largest absolute Gasteiger partial charge is 0.481 e. The van der Waals surface area contributed by atoms with Crippen LogP contribution in [0.15, 0.2) is 54.6 Å². The van der Waals surface area contributed by atoms with Crippen LogP contribution in [0.1, 0.15) is 31.7 Å². The SMILES string of the molecule is CCN(C(=O)Cc1ccc(NC(=O)[C@@H]2CC[C@H](C(=O)O)C2)cc1)c1ccccc1. The van der Waals surface area contributed by atoms with E-state index >= 15 is 0 Å². The number of nitrogens with zero attached hydrogens (tertiary/aromatic N) is 1. The van der Waals surface area contributed by atoms with Crippen LogP contribution in [0.5, 0.6) is 0 Å². The summed E-state index contributed by atoms with van der Waals surface area (Å²) < 4.78 is 0. The van der Waals surface area contributed by atoms with Crippen molar-refractivity contribution in [1.82, 2.24) is 0 Å². The maximum atomic E-state index is 12.7. The van der Waals surface area contributed by atoms with E-state index in [4.69, 9.17) is 5.11 Å². The molecule has 3 rings (SSSR count). The van der Waals surface area contributed by atoms with Gasteiger partial charge in [0.25, 0.3) is 0 Å². The van der Waals surface area contributed by atoms with Crippen molar-refractivity contribution in [3.8, 4) is 0 Å². The Bertz CT molecular complexity index is 864. The van der Waals surface area contributed by atoms with E-state index in [1.165, 1.54) is 0 Å². The van der Waals surface area contributed by atoms with Crippen molar-refractivity contribution in [1.29, 1.82) is 0 Å². The fourth-order valence-corrected chi connectivity index (χ4v) is 3.78. The molecule has 0 spiro atoms. The van der Waals surface area contributed by atoms with Gasteiger partial charge < -0.3 is 15.3 Å². The van der Waals surface area contributed by atoms with E-state index in [0.29, 0.717) is 31.5 Å². The molecule has 0 heterocycles. The Labute approximate surface area is 170 Å². The third-order valence-corrected chi connectivity index (χ3v) is 5.41. The molecule has 2 aromatic rings. The number of carbonyl (C=O) groups is 3. The molecule has 1 fully saturated rings. The lowest BCUT2D eigenvalue weighted by atomic mass is 10.0. The Morgan fingerprint density at radius 3 is 2.24 bits per heavy atom. The lowest BCUT2D eigenvalue weighted by Gasteiger charge is -2.21. The zero-order chi connectivity index (χ0) is 20.8. The van der Waals surface area contributed by atoms with Crippen molar-refractivity contribution in [3.63, 3.8) is 0 Å². The van der Waals surface area contributed by atoms with Crippen LogP contribution in [0.25, 0.3) is 0 Å². The van der Waals surface area contributed by atoms with E-state index in [0.717, 1.165) is 11.3 Å². The fraction of sp³-hybridized carbons (Fsp3) is 0.348. The number of likely N-dealkylation sites (N-methyl/N-ethyl adjacent to an activating group) is 1. The summed E-state index contributed by atoms with van der Waals surface area (Å²) in [6.07, 6.45) is 1.81. The minimum Gasteiger partial charge on any atom is -0.481 e. The molecule has 1 aliphatic carbocycles. The van der Waals surface area contributed by atoms with Crippen LogP contribution >= 0.6 is 0 Å². The molecule has 1 saturated carbocycles. The van der Waals surface area contributed by atoms with E-state index in [-0.39, 0.29) is 24.2 Å². The normalized spacial score (nSPS) is 18.2. The molecule has 1 aliphatic rings. The standard InChI is InChI=1S/C23H26N2O4/c1-2-25(20-6-4-3-5-7-20)21(26)14-16-8-12-19(13-9-16)24-22(27)17-10-11-18(15-17)23(28)29/h3-9,12-13,17-18H,2,10-11,14-15H2,1H3,(H,24,27)(H,28,29)/t17-,18+/m1/s1. The average molecular weight is 394 g/mol. The number of nitrogens with one attached hydrogen (secondary N) is 1. The molecular formula is C23H26N2O4. The van der Waals surface area contributed by atoms with Crippen LogP contribution in [-0.4, -0.2) is 29.4 Å². The second-order valence-corrected chi connectivity index (χ2v) is 7.38. The quantitative estimate of drug-likeness (QED) is 0.749. The monoisotopic (exact) mass is 394 g/mol.